The summed E-state index contributed by atoms with van der Waals surface area (Å²) in [5.41, 5.74) is -2.16. The molecular formula is C41H61N5O10S. The van der Waals surface area contributed by atoms with E-state index in [0.717, 1.165) is 24.2 Å². The van der Waals surface area contributed by atoms with E-state index in [1.165, 1.54) is 6.92 Å². The van der Waals surface area contributed by atoms with Crippen molar-refractivity contribution in [2.24, 2.45) is 23.7 Å². The summed E-state index contributed by atoms with van der Waals surface area (Å²) in [4.78, 5) is 67.2. The third-order valence-corrected chi connectivity index (χ3v) is 12.3. The van der Waals surface area contributed by atoms with Gasteiger partial charge in [-0.2, -0.15) is 0 Å². The Kier molecular flexibility index (Phi) is 14.2. The molecule has 4 aliphatic rings. The number of carbonyl (C=O) groups excluding carboxylic acids is 4. The van der Waals surface area contributed by atoms with Gasteiger partial charge in [0.15, 0.2) is 17.7 Å². The number of cyclic esters (lactones) is 1. The first-order valence-electron chi connectivity index (χ1n) is 20.2. The lowest BCUT2D eigenvalue weighted by Gasteiger charge is -2.47. The molecule has 3 saturated heterocycles. The van der Waals surface area contributed by atoms with Crippen LogP contribution in [0.15, 0.2) is 18.5 Å². The summed E-state index contributed by atoms with van der Waals surface area (Å²) >= 11 is 5.41. The summed E-state index contributed by atoms with van der Waals surface area (Å²) in [7, 11) is 3.68. The van der Waals surface area contributed by atoms with Crippen LogP contribution in [0.3, 0.4) is 0 Å². The molecule has 3 aliphatic heterocycles. The first-order valence-corrected chi connectivity index (χ1v) is 20.6. The minimum Gasteiger partial charge on any atom is -0.459 e. The second kappa shape index (κ2) is 18.1. The molecule has 15 nitrogen and oxygen atoms in total. The van der Waals surface area contributed by atoms with Crippen LogP contribution < -0.4 is 10.6 Å². The number of alkyl carbamates (subject to hydrolysis) is 1. The first kappa shape index (κ1) is 44.5. The Morgan fingerprint density at radius 3 is 2.37 bits per heavy atom. The van der Waals surface area contributed by atoms with Crippen LogP contribution in [0, 0.1) is 23.7 Å². The molecule has 3 N–H and O–H groups in total. The molecule has 0 radical (unpaired) electrons. The lowest BCUT2D eigenvalue weighted by Crippen LogP contribution is -2.60. The molecule has 13 atom stereocenters. The second-order valence-corrected chi connectivity index (χ2v) is 17.4. The number of hydrogen-bond donors (Lipinski definition) is 3. The zero-order valence-corrected chi connectivity index (χ0v) is 35.7. The Labute approximate surface area is 341 Å². The number of Topliss-reactive ketones (excluding diaryl/α,β-unsaturated/α-hetero) is 2. The first-order chi connectivity index (χ1) is 26.8. The third kappa shape index (κ3) is 10.0. The van der Waals surface area contributed by atoms with E-state index in [9.17, 15) is 24.3 Å². The fourth-order valence-corrected chi connectivity index (χ4v) is 8.96. The zero-order chi connectivity index (χ0) is 42.0. The summed E-state index contributed by atoms with van der Waals surface area (Å²) in [6.45, 7) is 13.6. The van der Waals surface area contributed by atoms with Crippen LogP contribution in [0.1, 0.15) is 105 Å². The van der Waals surface area contributed by atoms with E-state index in [-0.39, 0.29) is 36.1 Å². The highest BCUT2D eigenvalue weighted by Crippen LogP contribution is 2.41. The number of aliphatic hydroxyl groups excluding tert-OH is 1. The molecule has 16 heteroatoms. The number of amides is 1. The average molecular weight is 816 g/mol. The fraction of sp³-hybridized carbons (Fsp3) is 0.732. The van der Waals surface area contributed by atoms with E-state index in [1.54, 1.807) is 59.2 Å². The van der Waals surface area contributed by atoms with E-state index in [2.05, 4.69) is 20.6 Å². The summed E-state index contributed by atoms with van der Waals surface area (Å²) in [5.74, 6) is -4.18. The molecule has 1 aromatic heterocycles. The number of carbonyl (C=O) groups is 4. The maximum atomic E-state index is 14.5. The maximum absolute atomic E-state index is 14.5. The summed E-state index contributed by atoms with van der Waals surface area (Å²) < 4.78 is 31.2. The Morgan fingerprint density at radius 2 is 1.75 bits per heavy atom. The lowest BCUT2D eigenvalue weighted by atomic mass is 9.73. The molecule has 1 saturated carbocycles. The van der Waals surface area contributed by atoms with E-state index < -0.39 is 83.4 Å². The lowest BCUT2D eigenvalue weighted by molar-refractivity contribution is -0.292. The van der Waals surface area contributed by atoms with Crippen molar-refractivity contribution in [3.05, 3.63) is 29.9 Å². The summed E-state index contributed by atoms with van der Waals surface area (Å²) in [5, 5.41) is 17.5. The van der Waals surface area contributed by atoms with Crippen LogP contribution in [0.5, 0.6) is 0 Å². The molecule has 1 aromatic rings. The Morgan fingerprint density at radius 1 is 1.09 bits per heavy atom. The number of likely N-dealkylation sites (N-methyl/N-ethyl adjacent to an activating group) is 1. The summed E-state index contributed by atoms with van der Waals surface area (Å²) in [6, 6.07) is -1.05. The second-order valence-electron chi connectivity index (χ2n) is 17.0. The van der Waals surface area contributed by atoms with Gasteiger partial charge in [0.05, 0.1) is 12.1 Å². The standard InChI is InChI=1S/C41H61N5O10S/c1-11-29-41(8)33(45-39(57)56-41)23(4)30(47)21(2)18-40(7,55-38(51)42-16-12-13-26-19-43-35(44-20-26)27-14-15-27)34(24(5)31(48)25(6)36(50)53-29)54-37-32(49)28(46(9)10)17-22(3)52-37/h12-13,19-25,27-29,32-34,37,49H,11,14-18H2,1-10H3,(H,42,51)(H,45,57)/b13-12+/t21-,22-,23+,24+,25-,28+,29-,32-,33-,34-,37+,40-,41-/m1/s1. The monoisotopic (exact) mass is 815 g/mol. The van der Waals surface area contributed by atoms with Crippen molar-refractivity contribution in [1.82, 2.24) is 25.5 Å². The molecule has 0 aromatic carbocycles. The topological polar surface area (TPSA) is 188 Å². The molecule has 0 spiro atoms. The maximum Gasteiger partial charge on any atom is 0.408 e. The summed E-state index contributed by atoms with van der Waals surface area (Å²) in [6.07, 6.45) is 4.17. The van der Waals surface area contributed by atoms with Gasteiger partial charge in [-0.25, -0.2) is 14.8 Å². The van der Waals surface area contributed by atoms with Crippen LogP contribution in [-0.2, 0) is 38.1 Å². The molecule has 1 aliphatic carbocycles. The van der Waals surface area contributed by atoms with Gasteiger partial charge < -0.3 is 44.3 Å². The number of thiocarbonyl (C=S) groups is 1. The number of nitrogens with one attached hydrogen (secondary N) is 2. The SMILES string of the molecule is CC[C@H]1OC(=O)[C@H](C)C(=O)[C@H](C)[C@@H](O[C@@H]2O[C@H](C)C[C@H](N(C)C)[C@H]2O)[C@](C)(OC(=O)NC/C=C/c2cnc(C3CC3)nc2)C[C@@H](C)C(=O)[C@H](C)[C@H]2NC(=S)O[C@@]21C. The zero-order valence-electron chi connectivity index (χ0n) is 34.9. The van der Waals surface area contributed by atoms with Gasteiger partial charge in [0.25, 0.3) is 5.17 Å². The molecule has 57 heavy (non-hydrogen) atoms. The van der Waals surface area contributed by atoms with E-state index >= 15 is 0 Å². The van der Waals surface area contributed by atoms with Crippen molar-refractivity contribution in [3.63, 3.8) is 0 Å². The number of rotatable bonds is 9. The number of fused-ring (bicyclic) bond motifs is 1. The largest absolute Gasteiger partial charge is 0.459 e. The van der Waals surface area contributed by atoms with Crippen molar-refractivity contribution < 1.29 is 48.0 Å². The van der Waals surface area contributed by atoms with Gasteiger partial charge in [0.1, 0.15) is 41.4 Å². The Balaban J connectivity index is 1.50. The predicted molar refractivity (Wildman–Crippen MR) is 214 cm³/mol. The van der Waals surface area contributed by atoms with Gasteiger partial charge in [-0.3, -0.25) is 14.4 Å². The highest BCUT2D eigenvalue weighted by atomic mass is 32.1. The van der Waals surface area contributed by atoms with Crippen LogP contribution in [0.2, 0.25) is 0 Å². The molecule has 316 valence electrons. The average Bonchev–Trinajstić information content (AvgIpc) is 3.96. The van der Waals surface area contributed by atoms with E-state index in [0.29, 0.717) is 18.8 Å². The minimum atomic E-state index is -1.70. The van der Waals surface area contributed by atoms with Gasteiger partial charge in [0, 0.05) is 54.2 Å². The van der Waals surface area contributed by atoms with Gasteiger partial charge in [-0.15, -0.1) is 0 Å². The van der Waals surface area contributed by atoms with Crippen molar-refractivity contribution in [2.45, 2.75) is 147 Å². The van der Waals surface area contributed by atoms with Gasteiger partial charge in [-0.1, -0.05) is 39.8 Å². The van der Waals surface area contributed by atoms with Crippen LogP contribution in [0.4, 0.5) is 4.79 Å². The highest BCUT2D eigenvalue weighted by Gasteiger charge is 2.57. The molecule has 5 rings (SSSR count). The van der Waals surface area contributed by atoms with Crippen molar-refractivity contribution >= 4 is 47.1 Å². The fourth-order valence-electron chi connectivity index (χ4n) is 8.66. The van der Waals surface area contributed by atoms with Crippen LogP contribution >= 0.6 is 12.2 Å². The van der Waals surface area contributed by atoms with Crippen molar-refractivity contribution in [2.75, 3.05) is 20.6 Å². The molecule has 1 amide bonds. The number of hydrogen-bond acceptors (Lipinski definition) is 14. The highest BCUT2D eigenvalue weighted by molar-refractivity contribution is 7.80. The van der Waals surface area contributed by atoms with E-state index in [4.69, 9.17) is 35.9 Å². The smallest absolute Gasteiger partial charge is 0.408 e. The molecule has 4 fully saturated rings. The number of esters is 1. The normalized spacial score (nSPS) is 38.2. The number of ether oxygens (including phenoxy) is 5. The molecule has 0 unspecified atom stereocenters. The Hall–Kier alpha value is -3.57. The Bertz CT molecular complexity index is 1670. The molecule has 0 bridgehead atoms. The molecular weight excluding hydrogens is 755 g/mol. The number of aromatic nitrogens is 2. The number of nitrogens with zero attached hydrogens (tertiary/aromatic N) is 3. The number of aliphatic hydroxyl groups is 1. The molecule has 4 heterocycles. The van der Waals surface area contributed by atoms with Gasteiger partial charge in [-0.05, 0) is 86.1 Å². The third-order valence-electron chi connectivity index (χ3n) is 12.1. The van der Waals surface area contributed by atoms with Crippen molar-refractivity contribution in [1.29, 1.82) is 0 Å². The van der Waals surface area contributed by atoms with Crippen molar-refractivity contribution in [3.8, 4) is 0 Å². The van der Waals surface area contributed by atoms with Gasteiger partial charge >= 0.3 is 12.1 Å². The predicted octanol–water partition coefficient (Wildman–Crippen LogP) is 4.10. The minimum absolute atomic E-state index is 0.0674. The van der Waals surface area contributed by atoms with E-state index in [1.807, 2.05) is 32.8 Å². The number of ketones is 2. The van der Waals surface area contributed by atoms with Crippen LogP contribution in [0.25, 0.3) is 6.08 Å². The van der Waals surface area contributed by atoms with Crippen LogP contribution in [-0.4, -0.2) is 123 Å². The quantitative estimate of drug-likeness (QED) is 0.184. The van der Waals surface area contributed by atoms with Gasteiger partial charge in [0.2, 0.25) is 0 Å².